The molecule has 1 aliphatic rings. The summed E-state index contributed by atoms with van der Waals surface area (Å²) in [5, 5.41) is 0. The quantitative estimate of drug-likeness (QED) is 0.715. The van der Waals surface area contributed by atoms with Crippen LogP contribution in [-0.4, -0.2) is 6.10 Å². The lowest BCUT2D eigenvalue weighted by Crippen LogP contribution is -2.05. The van der Waals surface area contributed by atoms with Gasteiger partial charge in [-0.25, -0.2) is 0 Å². The first kappa shape index (κ1) is 13.7. The van der Waals surface area contributed by atoms with Gasteiger partial charge in [0.05, 0.1) is 4.83 Å². The number of benzene rings is 2. The summed E-state index contributed by atoms with van der Waals surface area (Å²) < 4.78 is 5.76. The summed E-state index contributed by atoms with van der Waals surface area (Å²) in [6, 6.07) is 15.4. The number of ether oxygens (including phenoxy) is 1. The summed E-state index contributed by atoms with van der Waals surface area (Å²) in [7, 11) is 0. The molecule has 1 heterocycles. The highest BCUT2D eigenvalue weighted by Crippen LogP contribution is 2.36. The van der Waals surface area contributed by atoms with Crippen molar-refractivity contribution in [1.29, 1.82) is 0 Å². The van der Waals surface area contributed by atoms with Gasteiger partial charge in [-0.3, -0.25) is 0 Å². The Bertz CT molecular complexity index is 603. The van der Waals surface area contributed by atoms with Crippen LogP contribution in [0.25, 0.3) is 0 Å². The maximum atomic E-state index is 5.76. The fraction of sp³-hybridized carbons (Fsp3) is 0.333. The fourth-order valence-corrected chi connectivity index (χ4v) is 3.30. The van der Waals surface area contributed by atoms with E-state index in [1.807, 2.05) is 0 Å². The van der Waals surface area contributed by atoms with E-state index in [-0.39, 0.29) is 4.83 Å². The van der Waals surface area contributed by atoms with Gasteiger partial charge in [-0.05, 0) is 41.7 Å². The van der Waals surface area contributed by atoms with Crippen LogP contribution in [0, 0.1) is 0 Å². The van der Waals surface area contributed by atoms with Gasteiger partial charge in [0, 0.05) is 6.42 Å². The molecule has 0 fully saturated rings. The van der Waals surface area contributed by atoms with Crippen LogP contribution >= 0.6 is 15.9 Å². The Labute approximate surface area is 129 Å². The van der Waals surface area contributed by atoms with Gasteiger partial charge in [0.2, 0.25) is 0 Å². The average Bonchev–Trinajstić information content (AvgIpc) is 2.85. The zero-order chi connectivity index (χ0) is 14.1. The molecule has 0 radical (unpaired) electrons. The first-order valence-electron chi connectivity index (χ1n) is 7.19. The molecule has 20 heavy (non-hydrogen) atoms. The van der Waals surface area contributed by atoms with Crippen molar-refractivity contribution in [2.45, 2.75) is 37.6 Å². The van der Waals surface area contributed by atoms with Crippen molar-refractivity contribution in [1.82, 2.24) is 0 Å². The number of hydrogen-bond donors (Lipinski definition) is 0. The third kappa shape index (κ3) is 2.62. The van der Waals surface area contributed by atoms with Gasteiger partial charge < -0.3 is 4.74 Å². The van der Waals surface area contributed by atoms with Crippen molar-refractivity contribution in [3.63, 3.8) is 0 Å². The fourth-order valence-electron chi connectivity index (χ4n) is 2.71. The van der Waals surface area contributed by atoms with Gasteiger partial charge in [-0.1, -0.05) is 59.3 Å². The number of alkyl halides is 1. The zero-order valence-electron chi connectivity index (χ0n) is 11.9. The molecule has 104 valence electrons. The van der Waals surface area contributed by atoms with Gasteiger partial charge in [0.1, 0.15) is 11.9 Å². The third-order valence-corrected chi connectivity index (χ3v) is 4.95. The molecule has 0 N–H and O–H groups in total. The van der Waals surface area contributed by atoms with Crippen molar-refractivity contribution < 1.29 is 4.74 Å². The molecule has 2 aromatic rings. The van der Waals surface area contributed by atoms with Crippen molar-refractivity contribution in [2.24, 2.45) is 0 Å². The molecule has 0 saturated heterocycles. The number of halogens is 1. The summed E-state index contributed by atoms with van der Waals surface area (Å²) in [6.07, 6.45) is 2.40. The molecule has 0 spiro atoms. The van der Waals surface area contributed by atoms with Crippen molar-refractivity contribution in [3.8, 4) is 5.75 Å². The minimum absolute atomic E-state index is 0.245. The smallest absolute Gasteiger partial charge is 0.123 e. The summed E-state index contributed by atoms with van der Waals surface area (Å²) in [6.45, 7) is 4.30. The van der Waals surface area contributed by atoms with Gasteiger partial charge in [0.15, 0.2) is 0 Å². The Morgan fingerprint density at radius 1 is 1.15 bits per heavy atom. The molecule has 1 nitrogen and oxygen atoms in total. The topological polar surface area (TPSA) is 9.23 Å². The second-order valence-corrected chi connectivity index (χ2v) is 6.37. The van der Waals surface area contributed by atoms with E-state index >= 15 is 0 Å². The van der Waals surface area contributed by atoms with E-state index in [9.17, 15) is 0 Å². The van der Waals surface area contributed by atoms with E-state index in [0.29, 0.717) is 6.10 Å². The van der Waals surface area contributed by atoms with Gasteiger partial charge in [0.25, 0.3) is 0 Å². The third-order valence-electron chi connectivity index (χ3n) is 3.89. The lowest BCUT2D eigenvalue weighted by molar-refractivity contribution is 0.254. The maximum absolute atomic E-state index is 5.76. The SMILES string of the molecule is CCc1ccc(C(Br)c2ccc3c(c2)CC(C)O3)cc1. The highest BCUT2D eigenvalue weighted by molar-refractivity contribution is 9.09. The summed E-state index contributed by atoms with van der Waals surface area (Å²) in [5.74, 6) is 1.04. The second kappa shape index (κ2) is 5.61. The Hall–Kier alpha value is -1.28. The van der Waals surface area contributed by atoms with Gasteiger partial charge >= 0.3 is 0 Å². The molecule has 0 aromatic heterocycles. The lowest BCUT2D eigenvalue weighted by Gasteiger charge is -2.12. The predicted molar refractivity (Wildman–Crippen MR) is 86.8 cm³/mol. The monoisotopic (exact) mass is 330 g/mol. The van der Waals surface area contributed by atoms with Crippen LogP contribution in [-0.2, 0) is 12.8 Å². The van der Waals surface area contributed by atoms with E-state index in [4.69, 9.17) is 4.74 Å². The lowest BCUT2D eigenvalue weighted by atomic mass is 10.00. The van der Waals surface area contributed by atoms with Crippen molar-refractivity contribution >= 4 is 15.9 Å². The molecule has 0 aliphatic carbocycles. The summed E-state index contributed by atoms with van der Waals surface area (Å²) >= 11 is 3.82. The predicted octanol–water partition coefficient (Wildman–Crippen LogP) is 5.06. The molecule has 1 aliphatic heterocycles. The Balaban J connectivity index is 1.86. The first-order chi connectivity index (χ1) is 9.67. The molecule has 2 aromatic carbocycles. The van der Waals surface area contributed by atoms with Gasteiger partial charge in [-0.15, -0.1) is 0 Å². The minimum Gasteiger partial charge on any atom is -0.490 e. The molecule has 2 heteroatoms. The first-order valence-corrected chi connectivity index (χ1v) is 8.11. The number of rotatable bonds is 3. The van der Waals surface area contributed by atoms with Crippen LogP contribution in [0.4, 0.5) is 0 Å². The largest absolute Gasteiger partial charge is 0.490 e. The Morgan fingerprint density at radius 3 is 2.55 bits per heavy atom. The molecule has 0 saturated carbocycles. The van der Waals surface area contributed by atoms with E-state index in [1.165, 1.54) is 22.3 Å². The Morgan fingerprint density at radius 2 is 1.85 bits per heavy atom. The van der Waals surface area contributed by atoms with E-state index in [2.05, 4.69) is 72.2 Å². The van der Waals surface area contributed by atoms with Crippen LogP contribution in [0.3, 0.4) is 0 Å². The van der Waals surface area contributed by atoms with E-state index < -0.39 is 0 Å². The molecule has 3 rings (SSSR count). The van der Waals surface area contributed by atoms with Crippen molar-refractivity contribution in [2.75, 3.05) is 0 Å². The highest BCUT2D eigenvalue weighted by Gasteiger charge is 2.20. The molecular formula is C18H19BrO. The minimum atomic E-state index is 0.245. The summed E-state index contributed by atoms with van der Waals surface area (Å²) in [5.41, 5.74) is 5.30. The maximum Gasteiger partial charge on any atom is 0.123 e. The van der Waals surface area contributed by atoms with E-state index in [1.54, 1.807) is 0 Å². The van der Waals surface area contributed by atoms with E-state index in [0.717, 1.165) is 18.6 Å². The van der Waals surface area contributed by atoms with Crippen LogP contribution < -0.4 is 4.74 Å². The number of fused-ring (bicyclic) bond motifs is 1. The molecule has 0 bridgehead atoms. The van der Waals surface area contributed by atoms with Gasteiger partial charge in [-0.2, -0.15) is 0 Å². The van der Waals surface area contributed by atoms with Crippen LogP contribution in [0.2, 0.25) is 0 Å². The van der Waals surface area contributed by atoms with Crippen LogP contribution in [0.1, 0.15) is 40.9 Å². The Kier molecular flexibility index (Phi) is 3.84. The number of hydrogen-bond acceptors (Lipinski definition) is 1. The number of aryl methyl sites for hydroxylation is 1. The normalized spacial score (nSPS) is 18.4. The van der Waals surface area contributed by atoms with Crippen LogP contribution in [0.15, 0.2) is 42.5 Å². The summed E-state index contributed by atoms with van der Waals surface area (Å²) in [4.78, 5) is 0.245. The molecule has 2 unspecified atom stereocenters. The van der Waals surface area contributed by atoms with Crippen molar-refractivity contribution in [3.05, 3.63) is 64.7 Å². The molecule has 2 atom stereocenters. The zero-order valence-corrected chi connectivity index (χ0v) is 13.5. The standard InChI is InChI=1S/C18H19BrO/c1-3-13-4-6-14(7-5-13)18(19)15-8-9-17-16(11-15)10-12(2)20-17/h4-9,11-12,18H,3,10H2,1-2H3. The molecular weight excluding hydrogens is 312 g/mol. The highest BCUT2D eigenvalue weighted by atomic mass is 79.9. The van der Waals surface area contributed by atoms with Crippen LogP contribution in [0.5, 0.6) is 5.75 Å². The second-order valence-electron chi connectivity index (χ2n) is 5.46. The average molecular weight is 331 g/mol. The molecule has 0 amide bonds.